The van der Waals surface area contributed by atoms with E-state index in [0.29, 0.717) is 0 Å². The van der Waals surface area contributed by atoms with Crippen LogP contribution in [-0.4, -0.2) is 17.3 Å². The molecular formula is C14H17N3O. The van der Waals surface area contributed by atoms with Crippen molar-refractivity contribution in [3.05, 3.63) is 52.8 Å². The molecule has 0 fully saturated rings. The zero-order chi connectivity index (χ0) is 13.1. The lowest BCUT2D eigenvalue weighted by Crippen LogP contribution is -2.15. The Balaban J connectivity index is 2.40. The molecule has 0 bridgehead atoms. The Bertz CT molecular complexity index is 554. The lowest BCUT2D eigenvalue weighted by molar-refractivity contribution is 0.414. The molecule has 0 aliphatic rings. The fraction of sp³-hybridized carbons (Fsp3) is 0.286. The topological polar surface area (TPSA) is 61.0 Å². The van der Waals surface area contributed by atoms with Crippen molar-refractivity contribution in [3.8, 4) is 5.75 Å². The first-order valence-electron chi connectivity index (χ1n) is 5.82. The van der Waals surface area contributed by atoms with Crippen LogP contribution >= 0.6 is 0 Å². The molecule has 1 aromatic carbocycles. The maximum atomic E-state index is 6.29. The Morgan fingerprint density at radius 2 is 1.94 bits per heavy atom. The molecule has 0 spiro atoms. The number of ether oxygens (including phenoxy) is 1. The zero-order valence-corrected chi connectivity index (χ0v) is 10.8. The molecule has 2 N–H and O–H groups in total. The third-order valence-corrected chi connectivity index (χ3v) is 2.93. The maximum Gasteiger partial charge on any atom is 0.119 e. The summed E-state index contributed by atoms with van der Waals surface area (Å²) in [4.78, 5) is 0. The summed E-state index contributed by atoms with van der Waals surface area (Å²) >= 11 is 0. The van der Waals surface area contributed by atoms with Crippen LogP contribution in [-0.2, 0) is 0 Å². The first kappa shape index (κ1) is 12.5. The van der Waals surface area contributed by atoms with Crippen LogP contribution in [0.1, 0.15) is 28.6 Å². The molecule has 18 heavy (non-hydrogen) atoms. The van der Waals surface area contributed by atoms with E-state index in [4.69, 9.17) is 10.5 Å². The molecule has 2 rings (SSSR count). The highest BCUT2D eigenvalue weighted by Crippen LogP contribution is 2.24. The van der Waals surface area contributed by atoms with Gasteiger partial charge in [0, 0.05) is 0 Å². The molecule has 0 amide bonds. The van der Waals surface area contributed by atoms with E-state index in [1.54, 1.807) is 7.11 Å². The Morgan fingerprint density at radius 1 is 1.17 bits per heavy atom. The van der Waals surface area contributed by atoms with Crippen LogP contribution in [0.15, 0.2) is 30.3 Å². The van der Waals surface area contributed by atoms with E-state index in [9.17, 15) is 0 Å². The van der Waals surface area contributed by atoms with Crippen molar-refractivity contribution in [3.63, 3.8) is 0 Å². The van der Waals surface area contributed by atoms with E-state index < -0.39 is 0 Å². The van der Waals surface area contributed by atoms with Gasteiger partial charge in [0.2, 0.25) is 0 Å². The molecule has 4 heteroatoms. The summed E-state index contributed by atoms with van der Waals surface area (Å²) in [5.41, 5.74) is 10.0. The molecule has 1 atom stereocenters. The van der Waals surface area contributed by atoms with Gasteiger partial charge in [-0.25, -0.2) is 0 Å². The van der Waals surface area contributed by atoms with E-state index in [-0.39, 0.29) is 6.04 Å². The predicted molar refractivity (Wildman–Crippen MR) is 70.5 cm³/mol. The minimum absolute atomic E-state index is 0.214. The van der Waals surface area contributed by atoms with Crippen LogP contribution in [0.4, 0.5) is 0 Å². The van der Waals surface area contributed by atoms with Gasteiger partial charge < -0.3 is 10.5 Å². The third kappa shape index (κ3) is 2.49. The third-order valence-electron chi connectivity index (χ3n) is 2.93. The van der Waals surface area contributed by atoms with Crippen molar-refractivity contribution in [2.45, 2.75) is 19.9 Å². The van der Waals surface area contributed by atoms with Crippen LogP contribution in [0, 0.1) is 13.8 Å². The van der Waals surface area contributed by atoms with Gasteiger partial charge in [0.05, 0.1) is 24.5 Å². The average molecular weight is 243 g/mol. The largest absolute Gasteiger partial charge is 0.497 e. The summed E-state index contributed by atoms with van der Waals surface area (Å²) < 4.78 is 5.21. The van der Waals surface area contributed by atoms with Gasteiger partial charge in [0.1, 0.15) is 5.75 Å². The second-order valence-corrected chi connectivity index (χ2v) is 4.28. The number of aryl methyl sites for hydroxylation is 2. The van der Waals surface area contributed by atoms with Crippen LogP contribution in [0.25, 0.3) is 0 Å². The average Bonchev–Trinajstić information content (AvgIpc) is 2.41. The molecule has 0 radical (unpaired) electrons. The number of rotatable bonds is 3. The number of methoxy groups -OCH3 is 1. The molecule has 1 heterocycles. The lowest BCUT2D eigenvalue weighted by atomic mass is 9.98. The zero-order valence-electron chi connectivity index (χ0n) is 10.8. The summed E-state index contributed by atoms with van der Waals surface area (Å²) in [6.07, 6.45) is 0. The monoisotopic (exact) mass is 243 g/mol. The Morgan fingerprint density at radius 3 is 2.67 bits per heavy atom. The number of hydrogen-bond acceptors (Lipinski definition) is 4. The molecule has 1 aromatic heterocycles. The number of aromatic nitrogens is 2. The van der Waals surface area contributed by atoms with Crippen LogP contribution in [0.3, 0.4) is 0 Å². The van der Waals surface area contributed by atoms with Crippen molar-refractivity contribution in [2.24, 2.45) is 5.73 Å². The van der Waals surface area contributed by atoms with Crippen LogP contribution in [0.2, 0.25) is 0 Å². The highest BCUT2D eigenvalue weighted by Gasteiger charge is 2.13. The fourth-order valence-corrected chi connectivity index (χ4v) is 1.90. The second kappa shape index (κ2) is 5.14. The maximum absolute atomic E-state index is 6.29. The first-order chi connectivity index (χ1) is 8.61. The van der Waals surface area contributed by atoms with Crippen molar-refractivity contribution >= 4 is 0 Å². The molecule has 0 aliphatic carbocycles. The molecule has 4 nitrogen and oxygen atoms in total. The van der Waals surface area contributed by atoms with Crippen molar-refractivity contribution in [1.82, 2.24) is 10.2 Å². The van der Waals surface area contributed by atoms with E-state index in [1.165, 1.54) is 0 Å². The van der Waals surface area contributed by atoms with Gasteiger partial charge in [-0.2, -0.15) is 10.2 Å². The van der Waals surface area contributed by atoms with Gasteiger partial charge >= 0.3 is 0 Å². The molecule has 94 valence electrons. The van der Waals surface area contributed by atoms with E-state index in [0.717, 1.165) is 28.3 Å². The summed E-state index contributed by atoms with van der Waals surface area (Å²) in [6, 6.07) is 9.54. The number of nitrogens with zero attached hydrogens (tertiary/aromatic N) is 2. The van der Waals surface area contributed by atoms with E-state index in [1.807, 2.05) is 44.2 Å². The highest BCUT2D eigenvalue weighted by atomic mass is 16.5. The molecular weight excluding hydrogens is 226 g/mol. The smallest absolute Gasteiger partial charge is 0.119 e. The molecule has 0 aliphatic heterocycles. The molecule has 0 saturated heterocycles. The van der Waals surface area contributed by atoms with Gasteiger partial charge in [-0.15, -0.1) is 0 Å². The number of nitrogens with two attached hydrogens (primary N) is 1. The Labute approximate surface area is 107 Å². The van der Waals surface area contributed by atoms with Gasteiger partial charge in [0.15, 0.2) is 0 Å². The standard InChI is InChI=1S/C14H17N3O/c1-9-7-13(10(2)17-16-9)14(15)11-5-4-6-12(8-11)18-3/h4-8,14H,15H2,1-3H3. The quantitative estimate of drug-likeness (QED) is 0.897. The van der Waals surface area contributed by atoms with Crippen LogP contribution in [0.5, 0.6) is 5.75 Å². The summed E-state index contributed by atoms with van der Waals surface area (Å²) in [6.45, 7) is 3.83. The Kier molecular flexibility index (Phi) is 3.58. The second-order valence-electron chi connectivity index (χ2n) is 4.28. The van der Waals surface area contributed by atoms with Crippen molar-refractivity contribution < 1.29 is 4.74 Å². The predicted octanol–water partition coefficient (Wildman–Crippen LogP) is 2.15. The van der Waals surface area contributed by atoms with Gasteiger partial charge in [-0.1, -0.05) is 12.1 Å². The fourth-order valence-electron chi connectivity index (χ4n) is 1.90. The van der Waals surface area contributed by atoms with Crippen molar-refractivity contribution in [2.75, 3.05) is 7.11 Å². The summed E-state index contributed by atoms with van der Waals surface area (Å²) in [5, 5.41) is 8.13. The van der Waals surface area contributed by atoms with Gasteiger partial charge in [-0.3, -0.25) is 0 Å². The Hall–Kier alpha value is -1.94. The normalized spacial score (nSPS) is 12.2. The highest BCUT2D eigenvalue weighted by molar-refractivity contribution is 5.37. The van der Waals surface area contributed by atoms with Gasteiger partial charge in [0.25, 0.3) is 0 Å². The number of benzene rings is 1. The summed E-state index contributed by atoms with van der Waals surface area (Å²) in [7, 11) is 1.65. The number of hydrogen-bond donors (Lipinski definition) is 1. The summed E-state index contributed by atoms with van der Waals surface area (Å²) in [5.74, 6) is 0.805. The minimum atomic E-state index is -0.214. The first-order valence-corrected chi connectivity index (χ1v) is 5.82. The minimum Gasteiger partial charge on any atom is -0.497 e. The van der Waals surface area contributed by atoms with Gasteiger partial charge in [-0.05, 0) is 43.2 Å². The molecule has 1 unspecified atom stereocenters. The van der Waals surface area contributed by atoms with Crippen LogP contribution < -0.4 is 10.5 Å². The van der Waals surface area contributed by atoms with E-state index >= 15 is 0 Å². The van der Waals surface area contributed by atoms with Crippen molar-refractivity contribution in [1.29, 1.82) is 0 Å². The molecule has 0 saturated carbocycles. The SMILES string of the molecule is COc1cccc(C(N)c2cc(C)nnc2C)c1. The molecule has 2 aromatic rings. The lowest BCUT2D eigenvalue weighted by Gasteiger charge is -2.15. The van der Waals surface area contributed by atoms with E-state index in [2.05, 4.69) is 10.2 Å².